The van der Waals surface area contributed by atoms with Gasteiger partial charge in [0, 0.05) is 35.8 Å². The second-order valence-electron chi connectivity index (χ2n) is 9.12. The molecule has 0 bridgehead atoms. The Morgan fingerprint density at radius 1 is 0.973 bits per heavy atom. The number of hydrogen-bond acceptors (Lipinski definition) is 9. The number of fused-ring (bicyclic) bond motifs is 1. The number of halogens is 1. The van der Waals surface area contributed by atoms with Gasteiger partial charge < -0.3 is 25.4 Å². The number of rotatable bonds is 6. The summed E-state index contributed by atoms with van der Waals surface area (Å²) in [5.74, 6) is 1.25. The SMILES string of the molecule is Clc1cc(Nc2ncnc3ccc(NC4=NCC5(CCNCC5)O4)cc23)ccc1OCc1ccccn1. The molecule has 6 rings (SSSR count). The van der Waals surface area contributed by atoms with Crippen molar-refractivity contribution in [2.24, 2.45) is 4.99 Å². The molecule has 1 spiro atoms. The number of nitrogens with zero attached hydrogens (tertiary/aromatic N) is 4. The van der Waals surface area contributed by atoms with E-state index in [4.69, 9.17) is 21.1 Å². The van der Waals surface area contributed by atoms with Crippen molar-refractivity contribution in [2.45, 2.75) is 25.0 Å². The van der Waals surface area contributed by atoms with Gasteiger partial charge in [0.05, 0.1) is 22.8 Å². The number of nitrogens with one attached hydrogen (secondary N) is 3. The van der Waals surface area contributed by atoms with E-state index in [-0.39, 0.29) is 5.60 Å². The van der Waals surface area contributed by atoms with Crippen LogP contribution < -0.4 is 20.7 Å². The number of benzene rings is 2. The van der Waals surface area contributed by atoms with E-state index in [0.717, 1.165) is 53.9 Å². The molecule has 1 saturated heterocycles. The van der Waals surface area contributed by atoms with Crippen LogP contribution >= 0.6 is 11.6 Å². The highest BCUT2D eigenvalue weighted by molar-refractivity contribution is 6.32. The number of pyridine rings is 1. The molecule has 2 aliphatic rings. The lowest BCUT2D eigenvalue weighted by Crippen LogP contribution is -2.45. The highest BCUT2D eigenvalue weighted by atomic mass is 35.5. The van der Waals surface area contributed by atoms with Gasteiger partial charge >= 0.3 is 0 Å². The fraction of sp³-hybridized carbons (Fsp3) is 0.259. The number of hydrogen-bond donors (Lipinski definition) is 3. The van der Waals surface area contributed by atoms with Gasteiger partial charge in [-0.1, -0.05) is 17.7 Å². The van der Waals surface area contributed by atoms with Gasteiger partial charge in [0.25, 0.3) is 6.02 Å². The number of anilines is 3. The van der Waals surface area contributed by atoms with Crippen LogP contribution in [0.3, 0.4) is 0 Å². The zero-order valence-electron chi connectivity index (χ0n) is 20.1. The summed E-state index contributed by atoms with van der Waals surface area (Å²) in [4.78, 5) is 17.8. The Bertz CT molecular complexity index is 1440. The Hall–Kier alpha value is -3.95. The van der Waals surface area contributed by atoms with Crippen LogP contribution in [0.25, 0.3) is 10.9 Å². The molecule has 2 aliphatic heterocycles. The lowest BCUT2D eigenvalue weighted by molar-refractivity contribution is 0.0537. The molecule has 0 saturated carbocycles. The molecule has 2 aromatic heterocycles. The number of aliphatic imine (C=N–C) groups is 1. The minimum Gasteiger partial charge on any atom is -0.486 e. The third-order valence-corrected chi connectivity index (χ3v) is 6.82. The summed E-state index contributed by atoms with van der Waals surface area (Å²) in [5.41, 5.74) is 3.09. The van der Waals surface area contributed by atoms with Crippen LogP contribution in [0.2, 0.25) is 5.02 Å². The van der Waals surface area contributed by atoms with Crippen LogP contribution in [0.1, 0.15) is 18.5 Å². The lowest BCUT2D eigenvalue weighted by atomic mass is 9.93. The van der Waals surface area contributed by atoms with Gasteiger partial charge in [-0.15, -0.1) is 0 Å². The fourth-order valence-electron chi connectivity index (χ4n) is 4.52. The van der Waals surface area contributed by atoms with Crippen molar-refractivity contribution < 1.29 is 9.47 Å². The zero-order chi connectivity index (χ0) is 25.1. The minimum absolute atomic E-state index is 0.187. The summed E-state index contributed by atoms with van der Waals surface area (Å²) in [6.45, 7) is 2.93. The first-order chi connectivity index (χ1) is 18.2. The molecule has 4 aromatic rings. The standard InChI is InChI=1S/C27H26ClN7O2/c28-22-14-19(5-7-24(22)36-15-20-3-1-2-10-30-20)34-25-21-13-18(4-6-23(21)32-17-33-25)35-26-31-16-27(37-26)8-11-29-12-9-27/h1-7,10,13-14,17,29H,8-9,11-12,15-16H2,(H,31,35)(H,32,33,34). The van der Waals surface area contributed by atoms with Gasteiger partial charge in [0.1, 0.15) is 30.1 Å². The van der Waals surface area contributed by atoms with E-state index in [1.165, 1.54) is 6.33 Å². The molecule has 10 heteroatoms. The van der Waals surface area contributed by atoms with Crippen LogP contribution in [0.15, 0.2) is 72.1 Å². The first kappa shape index (κ1) is 23.4. The van der Waals surface area contributed by atoms with Crippen LogP contribution in [-0.4, -0.2) is 46.2 Å². The summed E-state index contributed by atoms with van der Waals surface area (Å²) in [6.07, 6.45) is 5.18. The average Bonchev–Trinajstić information content (AvgIpc) is 3.30. The molecular weight excluding hydrogens is 490 g/mol. The fourth-order valence-corrected chi connectivity index (χ4v) is 4.75. The van der Waals surface area contributed by atoms with Crippen LogP contribution in [0.4, 0.5) is 17.2 Å². The van der Waals surface area contributed by atoms with Crippen molar-refractivity contribution in [3.05, 3.63) is 77.8 Å². The van der Waals surface area contributed by atoms with E-state index >= 15 is 0 Å². The molecule has 3 N–H and O–H groups in total. The molecule has 188 valence electrons. The van der Waals surface area contributed by atoms with Gasteiger partial charge in [-0.05, 0) is 61.6 Å². The largest absolute Gasteiger partial charge is 0.486 e. The van der Waals surface area contributed by atoms with Crippen molar-refractivity contribution in [2.75, 3.05) is 30.3 Å². The van der Waals surface area contributed by atoms with Gasteiger partial charge in [-0.3, -0.25) is 4.98 Å². The van der Waals surface area contributed by atoms with Crippen molar-refractivity contribution in [3.63, 3.8) is 0 Å². The normalized spacial score (nSPS) is 16.3. The Labute approximate surface area is 219 Å². The lowest BCUT2D eigenvalue weighted by Gasteiger charge is -2.32. The van der Waals surface area contributed by atoms with Crippen molar-refractivity contribution >= 4 is 45.7 Å². The van der Waals surface area contributed by atoms with Gasteiger partial charge in [0.15, 0.2) is 0 Å². The average molecular weight is 516 g/mol. The minimum atomic E-state index is -0.187. The molecule has 0 amide bonds. The monoisotopic (exact) mass is 515 g/mol. The molecule has 0 radical (unpaired) electrons. The molecule has 9 nitrogen and oxygen atoms in total. The second-order valence-corrected chi connectivity index (χ2v) is 9.52. The Morgan fingerprint density at radius 3 is 2.68 bits per heavy atom. The summed E-state index contributed by atoms with van der Waals surface area (Å²) in [7, 11) is 0. The summed E-state index contributed by atoms with van der Waals surface area (Å²) < 4.78 is 12.1. The highest BCUT2D eigenvalue weighted by Gasteiger charge is 2.39. The van der Waals surface area contributed by atoms with Crippen molar-refractivity contribution in [3.8, 4) is 5.75 Å². The van der Waals surface area contributed by atoms with E-state index in [1.54, 1.807) is 6.20 Å². The van der Waals surface area contributed by atoms with E-state index in [1.807, 2.05) is 54.6 Å². The van der Waals surface area contributed by atoms with Crippen molar-refractivity contribution in [1.29, 1.82) is 0 Å². The van der Waals surface area contributed by atoms with Gasteiger partial charge in [-0.25, -0.2) is 15.0 Å². The number of aromatic nitrogens is 3. The predicted molar refractivity (Wildman–Crippen MR) is 145 cm³/mol. The van der Waals surface area contributed by atoms with Crippen LogP contribution in [-0.2, 0) is 11.3 Å². The number of ether oxygens (including phenoxy) is 2. The van der Waals surface area contributed by atoms with Gasteiger partial charge in [-0.2, -0.15) is 0 Å². The third kappa shape index (κ3) is 5.28. The number of amidine groups is 1. The zero-order valence-corrected chi connectivity index (χ0v) is 20.8. The molecule has 0 atom stereocenters. The Balaban J connectivity index is 1.17. The van der Waals surface area contributed by atoms with Crippen LogP contribution in [0.5, 0.6) is 5.75 Å². The van der Waals surface area contributed by atoms with Crippen molar-refractivity contribution in [1.82, 2.24) is 20.3 Å². The quantitative estimate of drug-likeness (QED) is 0.332. The topological polar surface area (TPSA) is 106 Å². The van der Waals surface area contributed by atoms with E-state index in [0.29, 0.717) is 35.8 Å². The molecule has 4 heterocycles. The first-order valence-corrected chi connectivity index (χ1v) is 12.6. The predicted octanol–water partition coefficient (Wildman–Crippen LogP) is 4.92. The molecule has 0 aliphatic carbocycles. The van der Waals surface area contributed by atoms with Crippen LogP contribution in [0, 0.1) is 0 Å². The number of piperidine rings is 1. The maximum Gasteiger partial charge on any atom is 0.289 e. The molecule has 37 heavy (non-hydrogen) atoms. The maximum atomic E-state index is 6.50. The third-order valence-electron chi connectivity index (χ3n) is 6.52. The smallest absolute Gasteiger partial charge is 0.289 e. The molecule has 2 aromatic carbocycles. The summed E-state index contributed by atoms with van der Waals surface area (Å²) in [6, 6.07) is 17.7. The second kappa shape index (κ2) is 10.2. The van der Waals surface area contributed by atoms with E-state index < -0.39 is 0 Å². The van der Waals surface area contributed by atoms with E-state index in [9.17, 15) is 0 Å². The Kier molecular flexibility index (Phi) is 6.46. The highest BCUT2D eigenvalue weighted by Crippen LogP contribution is 2.32. The summed E-state index contributed by atoms with van der Waals surface area (Å²) >= 11 is 6.50. The molecule has 1 fully saturated rings. The maximum absolute atomic E-state index is 6.50. The first-order valence-electron chi connectivity index (χ1n) is 12.2. The molecular formula is C27H26ClN7O2. The van der Waals surface area contributed by atoms with E-state index in [2.05, 4.69) is 35.9 Å². The molecule has 0 unspecified atom stereocenters. The summed E-state index contributed by atoms with van der Waals surface area (Å²) in [5, 5.41) is 11.4. The Morgan fingerprint density at radius 2 is 1.84 bits per heavy atom. The van der Waals surface area contributed by atoms with Gasteiger partial charge in [0.2, 0.25) is 0 Å².